The summed E-state index contributed by atoms with van der Waals surface area (Å²) in [6.07, 6.45) is 0. The van der Waals surface area contributed by atoms with Gasteiger partial charge in [0, 0.05) is 10.6 Å². The molecule has 0 atom stereocenters. The van der Waals surface area contributed by atoms with Crippen molar-refractivity contribution in [2.45, 2.75) is 0 Å². The van der Waals surface area contributed by atoms with Gasteiger partial charge in [0.15, 0.2) is 0 Å². The molecular formula is C13H10ClO. The summed E-state index contributed by atoms with van der Waals surface area (Å²) in [4.78, 5) is 0. The van der Waals surface area contributed by atoms with Crippen molar-refractivity contribution in [2.24, 2.45) is 0 Å². The van der Waals surface area contributed by atoms with Crippen molar-refractivity contribution >= 4 is 11.6 Å². The lowest BCUT2D eigenvalue weighted by atomic mass is 10.1. The average Bonchev–Trinajstić information content (AvgIpc) is 2.30. The van der Waals surface area contributed by atoms with E-state index in [1.165, 1.54) is 0 Å². The normalized spacial score (nSPS) is 10.0. The molecule has 75 valence electrons. The van der Waals surface area contributed by atoms with Gasteiger partial charge in [-0.2, -0.15) is 0 Å². The molecule has 1 nitrogen and oxygen atoms in total. The van der Waals surface area contributed by atoms with Gasteiger partial charge in [0.2, 0.25) is 0 Å². The van der Waals surface area contributed by atoms with Crippen LogP contribution in [0, 0.1) is 6.07 Å². The van der Waals surface area contributed by atoms with Gasteiger partial charge in [-0.15, -0.1) is 0 Å². The fourth-order valence-electron chi connectivity index (χ4n) is 1.40. The van der Waals surface area contributed by atoms with Gasteiger partial charge >= 0.3 is 0 Å². The Morgan fingerprint density at radius 2 is 1.87 bits per heavy atom. The van der Waals surface area contributed by atoms with Gasteiger partial charge in [-0.25, -0.2) is 0 Å². The van der Waals surface area contributed by atoms with Gasteiger partial charge in [-0.1, -0.05) is 35.9 Å². The van der Waals surface area contributed by atoms with Crippen molar-refractivity contribution in [2.75, 3.05) is 7.11 Å². The SMILES string of the molecule is COc1ccc(-c2[c]cccc2Cl)cc1. The van der Waals surface area contributed by atoms with E-state index in [1.54, 1.807) is 7.11 Å². The molecule has 0 fully saturated rings. The third-order valence-electron chi connectivity index (χ3n) is 2.18. The van der Waals surface area contributed by atoms with Crippen molar-refractivity contribution in [1.82, 2.24) is 0 Å². The van der Waals surface area contributed by atoms with Gasteiger partial charge in [0.05, 0.1) is 7.11 Å². The Bertz CT molecular complexity index is 448. The predicted octanol–water partition coefficient (Wildman–Crippen LogP) is 3.82. The molecular weight excluding hydrogens is 208 g/mol. The van der Waals surface area contributed by atoms with Crippen molar-refractivity contribution < 1.29 is 4.74 Å². The summed E-state index contributed by atoms with van der Waals surface area (Å²) in [6.45, 7) is 0. The molecule has 0 bridgehead atoms. The fourth-order valence-corrected chi connectivity index (χ4v) is 1.63. The zero-order chi connectivity index (χ0) is 10.7. The van der Waals surface area contributed by atoms with Crippen LogP contribution in [-0.4, -0.2) is 7.11 Å². The van der Waals surface area contributed by atoms with E-state index in [2.05, 4.69) is 6.07 Å². The molecule has 0 aliphatic carbocycles. The summed E-state index contributed by atoms with van der Waals surface area (Å²) >= 11 is 6.07. The van der Waals surface area contributed by atoms with E-state index >= 15 is 0 Å². The fraction of sp³-hybridized carbons (Fsp3) is 0.0769. The monoisotopic (exact) mass is 217 g/mol. The van der Waals surface area contributed by atoms with Crippen molar-refractivity contribution in [3.05, 3.63) is 53.6 Å². The maximum atomic E-state index is 6.07. The Balaban J connectivity index is 2.42. The summed E-state index contributed by atoms with van der Waals surface area (Å²) in [5.74, 6) is 0.839. The first kappa shape index (κ1) is 10.1. The second-order valence-corrected chi connectivity index (χ2v) is 3.53. The second kappa shape index (κ2) is 4.37. The van der Waals surface area contributed by atoms with Crippen LogP contribution in [0.5, 0.6) is 5.75 Å². The summed E-state index contributed by atoms with van der Waals surface area (Å²) in [6, 6.07) is 16.5. The Labute approximate surface area is 94.3 Å². The van der Waals surface area contributed by atoms with Crippen LogP contribution in [-0.2, 0) is 0 Å². The summed E-state index contributed by atoms with van der Waals surface area (Å²) in [5.41, 5.74) is 1.96. The molecule has 0 amide bonds. The minimum atomic E-state index is 0.711. The molecule has 2 rings (SSSR count). The van der Waals surface area contributed by atoms with Crippen LogP contribution in [0.25, 0.3) is 11.1 Å². The molecule has 1 radical (unpaired) electrons. The minimum absolute atomic E-state index is 0.711. The summed E-state index contributed by atoms with van der Waals surface area (Å²) in [7, 11) is 1.65. The van der Waals surface area contributed by atoms with E-state index < -0.39 is 0 Å². The van der Waals surface area contributed by atoms with E-state index in [0.29, 0.717) is 5.02 Å². The Morgan fingerprint density at radius 1 is 1.13 bits per heavy atom. The lowest BCUT2D eigenvalue weighted by Gasteiger charge is -2.04. The molecule has 0 spiro atoms. The number of ether oxygens (including phenoxy) is 1. The maximum Gasteiger partial charge on any atom is 0.118 e. The summed E-state index contributed by atoms with van der Waals surface area (Å²) < 4.78 is 5.09. The first-order valence-electron chi connectivity index (χ1n) is 4.62. The van der Waals surface area contributed by atoms with Crippen LogP contribution < -0.4 is 4.74 Å². The minimum Gasteiger partial charge on any atom is -0.497 e. The molecule has 0 heterocycles. The number of methoxy groups -OCH3 is 1. The van der Waals surface area contributed by atoms with E-state index in [1.807, 2.05) is 42.5 Å². The van der Waals surface area contributed by atoms with Crippen LogP contribution in [0.15, 0.2) is 42.5 Å². The third-order valence-corrected chi connectivity index (χ3v) is 2.50. The third kappa shape index (κ3) is 2.13. The first-order valence-corrected chi connectivity index (χ1v) is 4.99. The van der Waals surface area contributed by atoms with Gasteiger partial charge in [-0.3, -0.25) is 0 Å². The molecule has 2 heteroatoms. The largest absolute Gasteiger partial charge is 0.497 e. The van der Waals surface area contributed by atoms with Crippen LogP contribution in [0.4, 0.5) is 0 Å². The highest BCUT2D eigenvalue weighted by molar-refractivity contribution is 6.33. The Hall–Kier alpha value is -1.47. The van der Waals surface area contributed by atoms with Gasteiger partial charge in [0.1, 0.15) is 5.75 Å². The van der Waals surface area contributed by atoms with Crippen molar-refractivity contribution in [3.8, 4) is 16.9 Å². The Morgan fingerprint density at radius 3 is 2.47 bits per heavy atom. The zero-order valence-electron chi connectivity index (χ0n) is 8.33. The van der Waals surface area contributed by atoms with Crippen molar-refractivity contribution in [3.63, 3.8) is 0 Å². The van der Waals surface area contributed by atoms with Crippen molar-refractivity contribution in [1.29, 1.82) is 0 Å². The van der Waals surface area contributed by atoms with Crippen LogP contribution in [0.1, 0.15) is 0 Å². The quantitative estimate of drug-likeness (QED) is 0.743. The molecule has 15 heavy (non-hydrogen) atoms. The lowest BCUT2D eigenvalue weighted by Crippen LogP contribution is -1.83. The van der Waals surface area contributed by atoms with Gasteiger partial charge in [-0.05, 0) is 29.8 Å². The van der Waals surface area contributed by atoms with E-state index in [4.69, 9.17) is 16.3 Å². The molecule has 0 saturated carbocycles. The molecule has 0 aliphatic heterocycles. The number of hydrogen-bond donors (Lipinski definition) is 0. The predicted molar refractivity (Wildman–Crippen MR) is 62.3 cm³/mol. The average molecular weight is 218 g/mol. The van der Waals surface area contributed by atoms with Crippen LogP contribution in [0.2, 0.25) is 5.02 Å². The number of rotatable bonds is 2. The number of benzene rings is 2. The van der Waals surface area contributed by atoms with E-state index in [-0.39, 0.29) is 0 Å². The molecule has 0 saturated heterocycles. The van der Waals surface area contributed by atoms with Crippen LogP contribution >= 0.6 is 11.6 Å². The Kier molecular flexibility index (Phi) is 2.93. The standard InChI is InChI=1S/C13H10ClO/c1-15-11-8-6-10(7-9-11)12-4-2-3-5-13(12)14/h2-3,5-9H,1H3. The van der Waals surface area contributed by atoms with E-state index in [9.17, 15) is 0 Å². The lowest BCUT2D eigenvalue weighted by molar-refractivity contribution is 0.415. The van der Waals surface area contributed by atoms with Gasteiger partial charge in [0.25, 0.3) is 0 Å². The van der Waals surface area contributed by atoms with Gasteiger partial charge < -0.3 is 4.74 Å². The molecule has 2 aromatic rings. The zero-order valence-corrected chi connectivity index (χ0v) is 9.08. The highest BCUT2D eigenvalue weighted by atomic mass is 35.5. The molecule has 0 aromatic heterocycles. The number of halogens is 1. The number of hydrogen-bond acceptors (Lipinski definition) is 1. The molecule has 0 aliphatic rings. The topological polar surface area (TPSA) is 9.23 Å². The molecule has 0 N–H and O–H groups in total. The first-order chi connectivity index (χ1) is 7.31. The highest BCUT2D eigenvalue weighted by Crippen LogP contribution is 2.28. The molecule has 2 aromatic carbocycles. The smallest absolute Gasteiger partial charge is 0.118 e. The molecule has 0 unspecified atom stereocenters. The summed E-state index contributed by atoms with van der Waals surface area (Å²) in [5, 5.41) is 0.711. The maximum absolute atomic E-state index is 6.07. The van der Waals surface area contributed by atoms with Crippen LogP contribution in [0.3, 0.4) is 0 Å². The highest BCUT2D eigenvalue weighted by Gasteiger charge is 2.02. The second-order valence-electron chi connectivity index (χ2n) is 3.12. The van der Waals surface area contributed by atoms with E-state index in [0.717, 1.165) is 16.9 Å².